The number of nitrogens with zero attached hydrogens (tertiary/aromatic N) is 5. The molecule has 0 aromatic heterocycles. The number of hydrogen-bond acceptors (Lipinski definition) is 5. The molecular formula is C24H29N5O4. The minimum absolute atomic E-state index is 0.127. The van der Waals surface area contributed by atoms with E-state index in [4.69, 9.17) is 4.74 Å². The molecule has 0 saturated carbocycles. The highest BCUT2D eigenvalue weighted by molar-refractivity contribution is 6.00. The van der Waals surface area contributed by atoms with Crippen LogP contribution in [0.4, 0.5) is 0 Å². The SMILES string of the molecule is CCCC(=O)N1CCN(C(=O)c2cn(CCOC)cc3c(=O)n(-c4ccccc4)nc2-3)CC1. The molecule has 1 aromatic carbocycles. The van der Waals surface area contributed by atoms with Gasteiger partial charge < -0.3 is 19.1 Å². The van der Waals surface area contributed by atoms with Gasteiger partial charge >= 0.3 is 0 Å². The van der Waals surface area contributed by atoms with Gasteiger partial charge in [0.1, 0.15) is 5.69 Å². The van der Waals surface area contributed by atoms with Crippen molar-refractivity contribution in [3.05, 3.63) is 58.6 Å². The second-order valence-corrected chi connectivity index (χ2v) is 8.14. The maximum Gasteiger partial charge on any atom is 0.282 e. The lowest BCUT2D eigenvalue weighted by atomic mass is 10.1. The van der Waals surface area contributed by atoms with E-state index in [1.54, 1.807) is 41.1 Å². The Kier molecular flexibility index (Phi) is 6.88. The highest BCUT2D eigenvalue weighted by Gasteiger charge is 2.30. The molecule has 3 heterocycles. The van der Waals surface area contributed by atoms with E-state index in [-0.39, 0.29) is 17.4 Å². The van der Waals surface area contributed by atoms with Crippen LogP contribution in [0.25, 0.3) is 16.9 Å². The van der Waals surface area contributed by atoms with Crippen molar-refractivity contribution >= 4 is 11.8 Å². The van der Waals surface area contributed by atoms with Gasteiger partial charge in [-0.05, 0) is 18.6 Å². The van der Waals surface area contributed by atoms with Crippen LogP contribution in [0.1, 0.15) is 30.1 Å². The zero-order valence-electron chi connectivity index (χ0n) is 19.1. The number of piperazine rings is 1. The fourth-order valence-corrected chi connectivity index (χ4v) is 4.09. The molecule has 33 heavy (non-hydrogen) atoms. The first kappa shape index (κ1) is 22.7. The fraction of sp³-hybridized carbons (Fsp3) is 0.417. The maximum absolute atomic E-state index is 13.5. The summed E-state index contributed by atoms with van der Waals surface area (Å²) in [7, 11) is 1.61. The summed E-state index contributed by atoms with van der Waals surface area (Å²) in [5, 5.41) is 4.53. The lowest BCUT2D eigenvalue weighted by Crippen LogP contribution is -2.50. The first-order chi connectivity index (χ1) is 16.0. The number of pyridine rings is 1. The molecule has 1 fully saturated rings. The van der Waals surface area contributed by atoms with Crippen molar-refractivity contribution in [3.8, 4) is 16.9 Å². The topological polar surface area (TPSA) is 89.7 Å². The van der Waals surface area contributed by atoms with E-state index < -0.39 is 0 Å². The number of rotatable bonds is 7. The Labute approximate surface area is 192 Å². The van der Waals surface area contributed by atoms with Crippen LogP contribution < -0.4 is 5.56 Å². The second-order valence-electron chi connectivity index (χ2n) is 8.14. The Morgan fingerprint density at radius 2 is 1.73 bits per heavy atom. The molecule has 0 N–H and O–H groups in total. The standard InChI is InChI=1S/C24H29N5O4/c1-3-7-21(30)27-10-12-28(13-11-27)23(31)19-16-26(14-15-33-2)17-20-22(19)25-29(24(20)32)18-8-5-4-6-9-18/h4-6,8-9,16-17H,3,7,10-15H2,1-2H3. The summed E-state index contributed by atoms with van der Waals surface area (Å²) < 4.78 is 8.32. The van der Waals surface area contributed by atoms with E-state index in [9.17, 15) is 14.4 Å². The minimum atomic E-state index is -0.271. The first-order valence-corrected chi connectivity index (χ1v) is 11.3. The van der Waals surface area contributed by atoms with Crippen LogP contribution in [0.5, 0.6) is 0 Å². The quantitative estimate of drug-likeness (QED) is 0.547. The van der Waals surface area contributed by atoms with Crippen LogP contribution in [0.3, 0.4) is 0 Å². The Morgan fingerprint density at radius 1 is 1.03 bits per heavy atom. The molecule has 1 aromatic rings. The van der Waals surface area contributed by atoms with Crippen LogP contribution >= 0.6 is 0 Å². The number of hydrogen-bond donors (Lipinski definition) is 0. The average Bonchev–Trinajstić information content (AvgIpc) is 3.19. The summed E-state index contributed by atoms with van der Waals surface area (Å²) >= 11 is 0. The summed E-state index contributed by atoms with van der Waals surface area (Å²) in [6, 6.07) is 9.16. The molecule has 3 aliphatic heterocycles. The first-order valence-electron chi connectivity index (χ1n) is 11.3. The van der Waals surface area contributed by atoms with Crippen molar-refractivity contribution in [1.29, 1.82) is 0 Å². The van der Waals surface area contributed by atoms with E-state index in [1.165, 1.54) is 4.68 Å². The summed E-state index contributed by atoms with van der Waals surface area (Å²) in [5.74, 6) is -0.0613. The van der Waals surface area contributed by atoms with Crippen LogP contribution in [-0.4, -0.2) is 75.9 Å². The Balaban J connectivity index is 1.68. The van der Waals surface area contributed by atoms with E-state index in [0.29, 0.717) is 68.3 Å². The van der Waals surface area contributed by atoms with Crippen LogP contribution in [-0.2, 0) is 16.1 Å². The molecule has 3 aliphatic rings. The monoisotopic (exact) mass is 451 g/mol. The van der Waals surface area contributed by atoms with Crippen molar-refractivity contribution in [2.45, 2.75) is 26.3 Å². The highest BCUT2D eigenvalue weighted by Crippen LogP contribution is 2.24. The van der Waals surface area contributed by atoms with Crippen molar-refractivity contribution in [2.75, 3.05) is 39.9 Å². The molecule has 9 nitrogen and oxygen atoms in total. The van der Waals surface area contributed by atoms with Gasteiger partial charge in [0.15, 0.2) is 0 Å². The third-order valence-corrected chi connectivity index (χ3v) is 5.89. The van der Waals surface area contributed by atoms with Gasteiger partial charge in [-0.3, -0.25) is 14.4 Å². The second kappa shape index (κ2) is 9.99. The third-order valence-electron chi connectivity index (χ3n) is 5.89. The van der Waals surface area contributed by atoms with Crippen LogP contribution in [0.2, 0.25) is 0 Å². The molecule has 1 saturated heterocycles. The van der Waals surface area contributed by atoms with Crippen LogP contribution in [0.15, 0.2) is 47.5 Å². The van der Waals surface area contributed by atoms with Gasteiger partial charge in [0.05, 0.1) is 23.4 Å². The molecule has 9 heteroatoms. The summed E-state index contributed by atoms with van der Waals surface area (Å²) in [5.41, 5.74) is 1.52. The van der Waals surface area contributed by atoms with Crippen molar-refractivity contribution < 1.29 is 14.3 Å². The van der Waals surface area contributed by atoms with Gasteiger partial charge in [0.2, 0.25) is 5.91 Å². The molecule has 0 radical (unpaired) electrons. The van der Waals surface area contributed by atoms with E-state index >= 15 is 0 Å². The third kappa shape index (κ3) is 4.68. The van der Waals surface area contributed by atoms with E-state index in [2.05, 4.69) is 5.10 Å². The number of carbonyl (C=O) groups is 2. The zero-order chi connectivity index (χ0) is 23.4. The number of para-hydroxylation sites is 1. The normalized spacial score (nSPS) is 14.1. The fourth-order valence-electron chi connectivity index (χ4n) is 4.09. The molecule has 174 valence electrons. The largest absolute Gasteiger partial charge is 0.383 e. The molecule has 0 unspecified atom stereocenters. The van der Waals surface area contributed by atoms with Gasteiger partial charge in [-0.2, -0.15) is 9.78 Å². The van der Waals surface area contributed by atoms with Gasteiger partial charge in [-0.15, -0.1) is 0 Å². The Bertz CT molecular complexity index is 1150. The average molecular weight is 452 g/mol. The predicted octanol–water partition coefficient (Wildman–Crippen LogP) is 1.87. The number of ether oxygens (including phenoxy) is 1. The maximum atomic E-state index is 13.5. The number of fused-ring (bicyclic) bond motifs is 1. The number of amides is 2. The summed E-state index contributed by atoms with van der Waals surface area (Å²) in [4.78, 5) is 42.4. The summed E-state index contributed by atoms with van der Waals surface area (Å²) in [6.07, 6.45) is 4.79. The number of benzene rings is 1. The van der Waals surface area contributed by atoms with Crippen molar-refractivity contribution in [1.82, 2.24) is 24.1 Å². The van der Waals surface area contributed by atoms with Crippen molar-refractivity contribution in [2.24, 2.45) is 0 Å². The lowest BCUT2D eigenvalue weighted by molar-refractivity contribution is -0.132. The minimum Gasteiger partial charge on any atom is -0.383 e. The van der Waals surface area contributed by atoms with Crippen molar-refractivity contribution in [3.63, 3.8) is 0 Å². The smallest absolute Gasteiger partial charge is 0.282 e. The predicted molar refractivity (Wildman–Crippen MR) is 124 cm³/mol. The number of methoxy groups -OCH3 is 1. The molecular weight excluding hydrogens is 422 g/mol. The van der Waals surface area contributed by atoms with E-state index in [1.807, 2.05) is 30.0 Å². The molecule has 0 atom stereocenters. The Hall–Kier alpha value is -3.46. The Morgan fingerprint density at radius 3 is 2.39 bits per heavy atom. The van der Waals surface area contributed by atoms with Gasteiger partial charge in [0, 0.05) is 58.6 Å². The molecule has 4 rings (SSSR count). The van der Waals surface area contributed by atoms with Crippen LogP contribution in [0, 0.1) is 0 Å². The molecule has 0 bridgehead atoms. The molecule has 0 aliphatic carbocycles. The van der Waals surface area contributed by atoms with Gasteiger partial charge in [0.25, 0.3) is 11.5 Å². The van der Waals surface area contributed by atoms with Gasteiger partial charge in [-0.25, -0.2) is 0 Å². The molecule has 0 spiro atoms. The number of aromatic nitrogens is 3. The zero-order valence-corrected chi connectivity index (χ0v) is 19.1. The lowest BCUT2D eigenvalue weighted by Gasteiger charge is -2.35. The van der Waals surface area contributed by atoms with Gasteiger partial charge in [-0.1, -0.05) is 25.1 Å². The van der Waals surface area contributed by atoms with E-state index in [0.717, 1.165) is 6.42 Å². The molecule has 2 amide bonds. The number of carbonyl (C=O) groups excluding carboxylic acids is 2. The highest BCUT2D eigenvalue weighted by atomic mass is 16.5. The summed E-state index contributed by atoms with van der Waals surface area (Å²) in [6.45, 7) is 4.85.